The predicted octanol–water partition coefficient (Wildman–Crippen LogP) is 4.50. The summed E-state index contributed by atoms with van der Waals surface area (Å²) in [6.07, 6.45) is 0.585. The minimum absolute atomic E-state index is 0.263. The van der Waals surface area contributed by atoms with Crippen LogP contribution in [-0.4, -0.2) is 6.54 Å². The van der Waals surface area contributed by atoms with Gasteiger partial charge in [-0.25, -0.2) is 4.39 Å². The Morgan fingerprint density at radius 1 is 1.20 bits per heavy atom. The van der Waals surface area contributed by atoms with Crippen molar-refractivity contribution in [2.75, 3.05) is 6.54 Å². The maximum absolute atomic E-state index is 14.0. The molecule has 0 aliphatic carbocycles. The van der Waals surface area contributed by atoms with Gasteiger partial charge in [-0.15, -0.1) is 0 Å². The number of aryl methyl sites for hydroxylation is 2. The summed E-state index contributed by atoms with van der Waals surface area (Å²) >= 11 is 3.51. The average Bonchev–Trinajstić information content (AvgIpc) is 2.40. The maximum Gasteiger partial charge on any atom is 0.166 e. The van der Waals surface area contributed by atoms with E-state index in [1.54, 1.807) is 6.07 Å². The molecule has 2 nitrogen and oxygen atoms in total. The number of benzene rings is 2. The third-order valence-corrected chi connectivity index (χ3v) is 4.34. The van der Waals surface area contributed by atoms with Crippen molar-refractivity contribution in [1.82, 2.24) is 0 Å². The summed E-state index contributed by atoms with van der Waals surface area (Å²) in [5.41, 5.74) is 8.44. The van der Waals surface area contributed by atoms with Crippen molar-refractivity contribution in [2.45, 2.75) is 20.3 Å². The second-order valence-corrected chi connectivity index (χ2v) is 5.53. The Morgan fingerprint density at radius 3 is 2.45 bits per heavy atom. The molecule has 0 radical (unpaired) electrons. The molecule has 0 heterocycles. The predicted molar refractivity (Wildman–Crippen MR) is 82.8 cm³/mol. The van der Waals surface area contributed by atoms with E-state index < -0.39 is 0 Å². The van der Waals surface area contributed by atoms with Crippen molar-refractivity contribution in [3.8, 4) is 11.5 Å². The van der Waals surface area contributed by atoms with Crippen molar-refractivity contribution in [3.63, 3.8) is 0 Å². The van der Waals surface area contributed by atoms with Crippen LogP contribution in [0.5, 0.6) is 11.5 Å². The second kappa shape index (κ2) is 6.37. The van der Waals surface area contributed by atoms with Gasteiger partial charge in [-0.05, 0) is 61.7 Å². The fraction of sp³-hybridized carbons (Fsp3) is 0.250. The molecule has 0 saturated carbocycles. The quantitative estimate of drug-likeness (QED) is 0.891. The van der Waals surface area contributed by atoms with Crippen LogP contribution in [0.25, 0.3) is 0 Å². The lowest BCUT2D eigenvalue weighted by atomic mass is 10.1. The van der Waals surface area contributed by atoms with Crippen LogP contribution in [0.2, 0.25) is 0 Å². The van der Waals surface area contributed by atoms with Crippen LogP contribution in [-0.2, 0) is 6.42 Å². The largest absolute Gasteiger partial charge is 0.454 e. The van der Waals surface area contributed by atoms with Gasteiger partial charge in [0.1, 0.15) is 5.75 Å². The lowest BCUT2D eigenvalue weighted by Crippen LogP contribution is -2.05. The molecule has 0 atom stereocenters. The molecule has 0 bridgehead atoms. The van der Waals surface area contributed by atoms with E-state index in [-0.39, 0.29) is 11.6 Å². The highest BCUT2D eigenvalue weighted by Crippen LogP contribution is 2.32. The van der Waals surface area contributed by atoms with Crippen LogP contribution in [0.4, 0.5) is 4.39 Å². The Balaban J connectivity index is 2.39. The molecule has 0 saturated heterocycles. The van der Waals surface area contributed by atoms with Crippen molar-refractivity contribution in [3.05, 3.63) is 57.3 Å². The number of ether oxygens (including phenoxy) is 1. The van der Waals surface area contributed by atoms with Gasteiger partial charge >= 0.3 is 0 Å². The summed E-state index contributed by atoms with van der Waals surface area (Å²) in [6.45, 7) is 4.41. The van der Waals surface area contributed by atoms with Gasteiger partial charge in [0, 0.05) is 4.47 Å². The minimum atomic E-state index is -0.367. The van der Waals surface area contributed by atoms with Crippen molar-refractivity contribution >= 4 is 15.9 Å². The Morgan fingerprint density at radius 2 is 1.85 bits per heavy atom. The van der Waals surface area contributed by atoms with Crippen molar-refractivity contribution < 1.29 is 9.13 Å². The molecule has 2 rings (SSSR count). The van der Waals surface area contributed by atoms with E-state index in [1.165, 1.54) is 6.07 Å². The zero-order chi connectivity index (χ0) is 14.7. The smallest absolute Gasteiger partial charge is 0.166 e. The fourth-order valence-electron chi connectivity index (χ4n) is 2.10. The number of halogens is 2. The molecular weight excluding hydrogens is 321 g/mol. The molecule has 20 heavy (non-hydrogen) atoms. The standard InChI is InChI=1S/C16H17BrFNO/c1-10-8-13(9-11(2)15(10)17)20-16-12(6-7-19)4-3-5-14(16)18/h3-5,8-9H,6-7,19H2,1-2H3. The first-order valence-corrected chi connectivity index (χ1v) is 7.24. The van der Waals surface area contributed by atoms with Gasteiger partial charge < -0.3 is 10.5 Å². The SMILES string of the molecule is Cc1cc(Oc2c(F)cccc2CCN)cc(C)c1Br. The van der Waals surface area contributed by atoms with Crippen LogP contribution >= 0.6 is 15.9 Å². The third-order valence-electron chi connectivity index (χ3n) is 3.09. The van der Waals surface area contributed by atoms with Crippen LogP contribution in [0.15, 0.2) is 34.8 Å². The lowest BCUT2D eigenvalue weighted by molar-refractivity contribution is 0.435. The Kier molecular flexibility index (Phi) is 4.78. The van der Waals surface area contributed by atoms with Crippen LogP contribution in [0.3, 0.4) is 0 Å². The molecule has 0 unspecified atom stereocenters. The molecular formula is C16H17BrFNO. The summed E-state index contributed by atoms with van der Waals surface area (Å²) in [7, 11) is 0. The van der Waals surface area contributed by atoms with Crippen molar-refractivity contribution in [1.29, 1.82) is 0 Å². The Bertz CT molecular complexity index is 605. The first-order chi connectivity index (χ1) is 9.52. The number of para-hydroxylation sites is 1. The number of rotatable bonds is 4. The number of hydrogen-bond acceptors (Lipinski definition) is 2. The average molecular weight is 338 g/mol. The molecule has 0 aromatic heterocycles. The van der Waals surface area contributed by atoms with Gasteiger partial charge in [0.2, 0.25) is 0 Å². The topological polar surface area (TPSA) is 35.2 Å². The van der Waals surface area contributed by atoms with Crippen molar-refractivity contribution in [2.24, 2.45) is 5.73 Å². The molecule has 4 heteroatoms. The fourth-order valence-corrected chi connectivity index (χ4v) is 2.33. The third kappa shape index (κ3) is 3.19. The highest BCUT2D eigenvalue weighted by molar-refractivity contribution is 9.10. The summed E-state index contributed by atoms with van der Waals surface area (Å²) in [5.74, 6) is 0.528. The molecule has 106 valence electrons. The van der Waals surface area contributed by atoms with Gasteiger partial charge in [-0.1, -0.05) is 28.1 Å². The van der Waals surface area contributed by atoms with Crippen LogP contribution < -0.4 is 10.5 Å². The number of hydrogen-bond donors (Lipinski definition) is 1. The molecule has 0 spiro atoms. The molecule has 0 aliphatic heterocycles. The van der Waals surface area contributed by atoms with E-state index in [2.05, 4.69) is 15.9 Å². The zero-order valence-corrected chi connectivity index (χ0v) is 13.1. The molecule has 2 aromatic rings. The lowest BCUT2D eigenvalue weighted by Gasteiger charge is -2.13. The molecule has 0 amide bonds. The van der Waals surface area contributed by atoms with Gasteiger partial charge in [-0.3, -0.25) is 0 Å². The van der Waals surface area contributed by atoms with E-state index in [4.69, 9.17) is 10.5 Å². The van der Waals surface area contributed by atoms with E-state index in [0.29, 0.717) is 18.7 Å². The molecule has 2 N–H and O–H groups in total. The maximum atomic E-state index is 14.0. The highest BCUT2D eigenvalue weighted by Gasteiger charge is 2.12. The van der Waals surface area contributed by atoms with Gasteiger partial charge in [-0.2, -0.15) is 0 Å². The van der Waals surface area contributed by atoms with E-state index in [0.717, 1.165) is 21.2 Å². The van der Waals surface area contributed by atoms with E-state index >= 15 is 0 Å². The Labute approximate surface area is 126 Å². The van der Waals surface area contributed by atoms with Crippen LogP contribution in [0, 0.1) is 19.7 Å². The van der Waals surface area contributed by atoms with Gasteiger partial charge in [0.05, 0.1) is 0 Å². The second-order valence-electron chi connectivity index (χ2n) is 4.74. The van der Waals surface area contributed by atoms with E-state index in [1.807, 2.05) is 32.0 Å². The normalized spacial score (nSPS) is 10.7. The molecule has 0 aliphatic rings. The number of nitrogens with two attached hydrogens (primary N) is 1. The van der Waals surface area contributed by atoms with Gasteiger partial charge in [0.15, 0.2) is 11.6 Å². The highest BCUT2D eigenvalue weighted by atomic mass is 79.9. The molecule has 2 aromatic carbocycles. The first-order valence-electron chi connectivity index (χ1n) is 6.45. The molecule has 0 fully saturated rings. The van der Waals surface area contributed by atoms with E-state index in [9.17, 15) is 4.39 Å². The zero-order valence-electron chi connectivity index (χ0n) is 11.5. The summed E-state index contributed by atoms with van der Waals surface area (Å²) in [6, 6.07) is 8.68. The summed E-state index contributed by atoms with van der Waals surface area (Å²) in [5, 5.41) is 0. The summed E-state index contributed by atoms with van der Waals surface area (Å²) < 4.78 is 20.8. The summed E-state index contributed by atoms with van der Waals surface area (Å²) in [4.78, 5) is 0. The van der Waals surface area contributed by atoms with Gasteiger partial charge in [0.25, 0.3) is 0 Å². The minimum Gasteiger partial charge on any atom is -0.454 e. The Hall–Kier alpha value is -1.39. The van der Waals surface area contributed by atoms with Crippen LogP contribution in [0.1, 0.15) is 16.7 Å². The first kappa shape index (κ1) is 15.0. The monoisotopic (exact) mass is 337 g/mol.